The number of methoxy groups -OCH3 is 1. The van der Waals surface area contributed by atoms with Gasteiger partial charge in [0.05, 0.1) is 12.8 Å². The van der Waals surface area contributed by atoms with Crippen LogP contribution in [0.25, 0.3) is 27.5 Å². The number of nitrogens with zero attached hydrogens (tertiary/aromatic N) is 3. The third kappa shape index (κ3) is 3.48. The molecule has 0 saturated heterocycles. The van der Waals surface area contributed by atoms with Gasteiger partial charge in [-0.1, -0.05) is 36.4 Å². The fourth-order valence-electron chi connectivity index (χ4n) is 3.63. The lowest BCUT2D eigenvalue weighted by Crippen LogP contribution is -2.12. The molecule has 1 N–H and O–H groups in total. The molecule has 31 heavy (non-hydrogen) atoms. The molecule has 5 rings (SSSR count). The summed E-state index contributed by atoms with van der Waals surface area (Å²) in [6.07, 6.45) is 0. The molecule has 0 spiro atoms. The van der Waals surface area contributed by atoms with Crippen LogP contribution in [0.3, 0.4) is 0 Å². The third-order valence-electron chi connectivity index (χ3n) is 5.31. The molecular formula is C25H20N4O2. The summed E-state index contributed by atoms with van der Waals surface area (Å²) in [6.45, 7) is 1.94. The van der Waals surface area contributed by atoms with Crippen molar-refractivity contribution in [2.24, 2.45) is 0 Å². The van der Waals surface area contributed by atoms with E-state index in [1.54, 1.807) is 36.2 Å². The number of anilines is 1. The second kappa shape index (κ2) is 7.57. The largest absolute Gasteiger partial charge is 0.497 e. The van der Waals surface area contributed by atoms with Gasteiger partial charge in [-0.15, -0.1) is 15.0 Å². The Bertz CT molecular complexity index is 1420. The predicted molar refractivity (Wildman–Crippen MR) is 122 cm³/mol. The molecule has 6 heteroatoms. The molecule has 0 radical (unpaired) electrons. The molecule has 0 fully saturated rings. The van der Waals surface area contributed by atoms with E-state index in [1.165, 1.54) is 0 Å². The van der Waals surface area contributed by atoms with Crippen molar-refractivity contribution in [2.75, 3.05) is 12.4 Å². The van der Waals surface area contributed by atoms with E-state index in [1.807, 2.05) is 43.3 Å². The molecule has 6 nitrogen and oxygen atoms in total. The van der Waals surface area contributed by atoms with Crippen LogP contribution >= 0.6 is 0 Å². The molecule has 0 aliphatic rings. The lowest BCUT2D eigenvalue weighted by molar-refractivity contribution is 0.102. The van der Waals surface area contributed by atoms with Crippen LogP contribution in [0.1, 0.15) is 15.9 Å². The zero-order valence-electron chi connectivity index (χ0n) is 17.2. The summed E-state index contributed by atoms with van der Waals surface area (Å²) < 4.78 is 5.15. The maximum Gasteiger partial charge on any atom is 0.255 e. The lowest BCUT2D eigenvalue weighted by atomic mass is 10.1. The number of benzene rings is 4. The first-order valence-corrected chi connectivity index (χ1v) is 9.93. The quantitative estimate of drug-likeness (QED) is 0.447. The van der Waals surface area contributed by atoms with Gasteiger partial charge in [0.15, 0.2) is 0 Å². The first kappa shape index (κ1) is 18.8. The molecule has 0 saturated carbocycles. The summed E-state index contributed by atoms with van der Waals surface area (Å²) in [4.78, 5) is 14.3. The average molecular weight is 408 g/mol. The second-order valence-electron chi connectivity index (χ2n) is 7.33. The number of ether oxygens (including phenoxy) is 1. The van der Waals surface area contributed by atoms with Crippen molar-refractivity contribution >= 4 is 33.4 Å². The van der Waals surface area contributed by atoms with E-state index in [0.717, 1.165) is 27.5 Å². The van der Waals surface area contributed by atoms with E-state index >= 15 is 0 Å². The van der Waals surface area contributed by atoms with Gasteiger partial charge in [-0.25, -0.2) is 0 Å². The Morgan fingerprint density at radius 2 is 1.61 bits per heavy atom. The smallest absolute Gasteiger partial charge is 0.255 e. The number of hydrogen-bond donors (Lipinski definition) is 1. The number of carbonyl (C=O) groups is 1. The normalized spacial score (nSPS) is 11.0. The Hall–Kier alpha value is -4.19. The van der Waals surface area contributed by atoms with E-state index in [9.17, 15) is 4.79 Å². The fraction of sp³-hybridized carbons (Fsp3) is 0.0800. The Balaban J connectivity index is 1.50. The average Bonchev–Trinajstić information content (AvgIpc) is 3.21. The summed E-state index contributed by atoms with van der Waals surface area (Å²) in [6, 6.07) is 25.0. The molecule has 1 amide bonds. The zero-order chi connectivity index (χ0) is 21.4. The van der Waals surface area contributed by atoms with Gasteiger partial charge >= 0.3 is 0 Å². The van der Waals surface area contributed by atoms with E-state index in [4.69, 9.17) is 4.74 Å². The summed E-state index contributed by atoms with van der Waals surface area (Å²) in [5.41, 5.74) is 4.57. The van der Waals surface area contributed by atoms with Crippen molar-refractivity contribution in [1.29, 1.82) is 0 Å². The van der Waals surface area contributed by atoms with Crippen molar-refractivity contribution in [1.82, 2.24) is 15.0 Å². The van der Waals surface area contributed by atoms with Crippen LogP contribution in [0.4, 0.5) is 5.69 Å². The monoisotopic (exact) mass is 408 g/mol. The van der Waals surface area contributed by atoms with Gasteiger partial charge in [-0.3, -0.25) is 4.79 Å². The number of amides is 1. The topological polar surface area (TPSA) is 69.0 Å². The van der Waals surface area contributed by atoms with E-state index in [0.29, 0.717) is 22.5 Å². The molecule has 4 aromatic carbocycles. The molecule has 0 aliphatic heterocycles. The number of hydrogen-bond acceptors (Lipinski definition) is 4. The molecule has 0 atom stereocenters. The third-order valence-corrected chi connectivity index (χ3v) is 5.31. The summed E-state index contributed by atoms with van der Waals surface area (Å²) >= 11 is 0. The summed E-state index contributed by atoms with van der Waals surface area (Å²) in [5, 5.41) is 14.5. The SMILES string of the molecule is COc1ccc(C(=O)Nc2cc3nn(-c4cccc5ccccc45)nc3cc2C)cc1. The minimum atomic E-state index is -0.188. The predicted octanol–water partition coefficient (Wildman–Crippen LogP) is 5.14. The van der Waals surface area contributed by atoms with Crippen LogP contribution in [0, 0.1) is 6.92 Å². The van der Waals surface area contributed by atoms with Crippen LogP contribution in [-0.2, 0) is 0 Å². The van der Waals surface area contributed by atoms with E-state index in [2.05, 4.69) is 33.7 Å². The highest BCUT2D eigenvalue weighted by Crippen LogP contribution is 2.25. The molecule has 0 unspecified atom stereocenters. The Labute approximate surface area is 179 Å². The number of aryl methyl sites for hydroxylation is 1. The maximum atomic E-state index is 12.7. The maximum absolute atomic E-state index is 12.7. The highest BCUT2D eigenvalue weighted by molar-refractivity contribution is 6.05. The van der Waals surface area contributed by atoms with Crippen LogP contribution < -0.4 is 10.1 Å². The van der Waals surface area contributed by atoms with Crippen molar-refractivity contribution in [3.05, 3.63) is 90.0 Å². The number of fused-ring (bicyclic) bond motifs is 2. The molecule has 1 heterocycles. The first-order chi connectivity index (χ1) is 15.1. The van der Waals surface area contributed by atoms with Gasteiger partial charge in [0, 0.05) is 16.6 Å². The number of rotatable bonds is 4. The van der Waals surface area contributed by atoms with Crippen LogP contribution in [-0.4, -0.2) is 28.0 Å². The molecular weight excluding hydrogens is 388 g/mol. The highest BCUT2D eigenvalue weighted by atomic mass is 16.5. The minimum Gasteiger partial charge on any atom is -0.497 e. The molecule has 5 aromatic rings. The standard InChI is InChI=1S/C25H20N4O2/c1-16-14-22-23(15-21(16)26-25(30)18-10-12-19(31-2)13-11-18)28-29(27-22)24-9-5-7-17-6-3-4-8-20(17)24/h3-15H,1-2H3,(H,26,30). The van der Waals surface area contributed by atoms with Crippen LogP contribution in [0.2, 0.25) is 0 Å². The van der Waals surface area contributed by atoms with Crippen LogP contribution in [0.5, 0.6) is 5.75 Å². The number of carbonyl (C=O) groups excluding carboxylic acids is 1. The Morgan fingerprint density at radius 3 is 2.39 bits per heavy atom. The van der Waals surface area contributed by atoms with Gasteiger partial charge < -0.3 is 10.1 Å². The van der Waals surface area contributed by atoms with Gasteiger partial charge in [-0.2, -0.15) is 0 Å². The summed E-state index contributed by atoms with van der Waals surface area (Å²) in [7, 11) is 1.60. The molecule has 0 bridgehead atoms. The van der Waals surface area contributed by atoms with Crippen molar-refractivity contribution < 1.29 is 9.53 Å². The van der Waals surface area contributed by atoms with Crippen molar-refractivity contribution in [2.45, 2.75) is 6.92 Å². The van der Waals surface area contributed by atoms with Gasteiger partial charge in [-0.05, 0) is 60.3 Å². The Morgan fingerprint density at radius 1 is 0.903 bits per heavy atom. The van der Waals surface area contributed by atoms with Gasteiger partial charge in [0.2, 0.25) is 0 Å². The lowest BCUT2D eigenvalue weighted by Gasteiger charge is -2.08. The van der Waals surface area contributed by atoms with Crippen LogP contribution in [0.15, 0.2) is 78.9 Å². The summed E-state index contributed by atoms with van der Waals surface area (Å²) in [5.74, 6) is 0.519. The van der Waals surface area contributed by atoms with E-state index in [-0.39, 0.29) is 5.91 Å². The van der Waals surface area contributed by atoms with Gasteiger partial charge in [0.1, 0.15) is 16.8 Å². The zero-order valence-corrected chi connectivity index (χ0v) is 17.2. The van der Waals surface area contributed by atoms with Crippen molar-refractivity contribution in [3.63, 3.8) is 0 Å². The second-order valence-corrected chi connectivity index (χ2v) is 7.33. The van der Waals surface area contributed by atoms with E-state index < -0.39 is 0 Å². The number of nitrogens with one attached hydrogen (secondary N) is 1. The van der Waals surface area contributed by atoms with Gasteiger partial charge in [0.25, 0.3) is 5.91 Å². The molecule has 1 aromatic heterocycles. The molecule has 0 aliphatic carbocycles. The minimum absolute atomic E-state index is 0.188. The fourth-order valence-corrected chi connectivity index (χ4v) is 3.63. The Kier molecular flexibility index (Phi) is 4.59. The first-order valence-electron chi connectivity index (χ1n) is 9.93. The highest BCUT2D eigenvalue weighted by Gasteiger charge is 2.13. The number of aromatic nitrogens is 3. The molecule has 152 valence electrons. The van der Waals surface area contributed by atoms with Crippen molar-refractivity contribution in [3.8, 4) is 11.4 Å².